The molecule has 2 aliphatic rings. The van der Waals surface area contributed by atoms with Gasteiger partial charge in [0, 0.05) is 62.7 Å². The number of piperazine rings is 1. The molecular weight excluding hydrogens is 477 g/mol. The normalized spacial score (nSPS) is 18.2. The van der Waals surface area contributed by atoms with Gasteiger partial charge >= 0.3 is 12.2 Å². The molecule has 4 heterocycles. The van der Waals surface area contributed by atoms with Crippen molar-refractivity contribution in [3.63, 3.8) is 0 Å². The molecule has 0 spiro atoms. The van der Waals surface area contributed by atoms with E-state index in [-0.39, 0.29) is 18.0 Å². The minimum atomic E-state index is -4.46. The maximum Gasteiger partial charge on any atom is 0.417 e. The van der Waals surface area contributed by atoms with Gasteiger partial charge in [0.05, 0.1) is 12.2 Å². The third-order valence-corrected chi connectivity index (χ3v) is 6.12. The van der Waals surface area contributed by atoms with Gasteiger partial charge in [0.25, 0.3) is 0 Å². The summed E-state index contributed by atoms with van der Waals surface area (Å²) in [6, 6.07) is 10.7. The molecule has 0 radical (unpaired) electrons. The van der Waals surface area contributed by atoms with Crippen LogP contribution < -0.4 is 14.8 Å². The van der Waals surface area contributed by atoms with Gasteiger partial charge in [0.2, 0.25) is 5.88 Å². The maximum atomic E-state index is 12.8. The fourth-order valence-electron chi connectivity index (χ4n) is 4.32. The summed E-state index contributed by atoms with van der Waals surface area (Å²) >= 11 is 0. The van der Waals surface area contributed by atoms with Crippen molar-refractivity contribution in [3.8, 4) is 17.4 Å². The van der Waals surface area contributed by atoms with Crippen LogP contribution in [-0.2, 0) is 6.18 Å². The Labute approximate surface area is 204 Å². The number of carbonyl (C=O) groups excluding carboxylic acids is 1. The highest BCUT2D eigenvalue weighted by molar-refractivity contribution is 5.88. The lowest BCUT2D eigenvalue weighted by atomic mass is 9.98. The molecule has 2 aliphatic heterocycles. The summed E-state index contributed by atoms with van der Waals surface area (Å²) in [5.74, 6) is 1.66. The number of hydrogen-bond donors (Lipinski definition) is 1. The van der Waals surface area contributed by atoms with Crippen LogP contribution in [0.5, 0.6) is 17.4 Å². The molecule has 188 valence electrons. The summed E-state index contributed by atoms with van der Waals surface area (Å²) in [6.07, 6.45) is -1.40. The zero-order valence-corrected chi connectivity index (χ0v) is 19.1. The van der Waals surface area contributed by atoms with Crippen LogP contribution in [0.1, 0.15) is 23.6 Å². The van der Waals surface area contributed by atoms with E-state index < -0.39 is 11.7 Å². The maximum absolute atomic E-state index is 12.8. The Morgan fingerprint density at radius 2 is 1.94 bits per heavy atom. The van der Waals surface area contributed by atoms with Crippen LogP contribution in [-0.4, -0.2) is 63.8 Å². The Morgan fingerprint density at radius 3 is 2.64 bits per heavy atom. The van der Waals surface area contributed by atoms with Crippen molar-refractivity contribution in [2.24, 2.45) is 0 Å². The predicted octanol–water partition coefficient (Wildman–Crippen LogP) is 4.36. The quantitative estimate of drug-likeness (QED) is 0.569. The lowest BCUT2D eigenvalue weighted by molar-refractivity contribution is -0.137. The van der Waals surface area contributed by atoms with Crippen LogP contribution in [0.2, 0.25) is 0 Å². The number of anilines is 1. The Bertz CT molecular complexity index is 1200. The summed E-state index contributed by atoms with van der Waals surface area (Å²) in [7, 11) is 0. The first-order valence-corrected chi connectivity index (χ1v) is 11.4. The smallest absolute Gasteiger partial charge is 0.417 e. The number of rotatable bonds is 4. The molecule has 5 rings (SSSR count). The topological polar surface area (TPSA) is 92.7 Å². The van der Waals surface area contributed by atoms with Gasteiger partial charge in [0.15, 0.2) is 5.82 Å². The van der Waals surface area contributed by atoms with Crippen LogP contribution in [0, 0.1) is 0 Å². The van der Waals surface area contributed by atoms with Gasteiger partial charge in [-0.05, 0) is 36.4 Å². The number of aromatic nitrogens is 3. The molecule has 0 bridgehead atoms. The lowest BCUT2D eigenvalue weighted by Crippen LogP contribution is -2.51. The van der Waals surface area contributed by atoms with Crippen molar-refractivity contribution in [3.05, 3.63) is 66.0 Å². The number of amides is 2. The van der Waals surface area contributed by atoms with Gasteiger partial charge in [-0.15, -0.1) is 5.10 Å². The van der Waals surface area contributed by atoms with Crippen molar-refractivity contribution in [2.45, 2.75) is 18.6 Å². The molecule has 1 aromatic carbocycles. The molecule has 0 aliphatic carbocycles. The molecule has 36 heavy (non-hydrogen) atoms. The van der Waals surface area contributed by atoms with E-state index in [0.29, 0.717) is 44.4 Å². The average Bonchev–Trinajstić information content (AvgIpc) is 2.89. The summed E-state index contributed by atoms with van der Waals surface area (Å²) < 4.78 is 49.9. The molecule has 2 amide bonds. The first-order valence-electron chi connectivity index (χ1n) is 11.4. The third-order valence-electron chi connectivity index (χ3n) is 6.12. The minimum Gasteiger partial charge on any atom is -0.493 e. The number of carbonyl (C=O) groups is 1. The zero-order chi connectivity index (χ0) is 25.1. The number of nitrogens with one attached hydrogen (secondary N) is 1. The number of alkyl halides is 3. The van der Waals surface area contributed by atoms with E-state index in [9.17, 15) is 18.0 Å². The van der Waals surface area contributed by atoms with Crippen LogP contribution in [0.4, 0.5) is 23.8 Å². The number of nitrogens with zero attached hydrogens (tertiary/aromatic N) is 5. The molecule has 3 aromatic rings. The van der Waals surface area contributed by atoms with E-state index in [1.807, 2.05) is 6.07 Å². The Kier molecular flexibility index (Phi) is 6.59. The second-order valence-corrected chi connectivity index (χ2v) is 8.40. The number of benzene rings is 1. The molecule has 9 nitrogen and oxygen atoms in total. The van der Waals surface area contributed by atoms with Gasteiger partial charge in [-0.3, -0.25) is 10.2 Å². The fourth-order valence-corrected chi connectivity index (χ4v) is 4.32. The number of fused-ring (bicyclic) bond motifs is 1. The summed E-state index contributed by atoms with van der Waals surface area (Å²) in [4.78, 5) is 20.4. The molecule has 1 unspecified atom stereocenters. The standard InChI is InChI=1S/C24H23F3N6O3/c25-24(26,27)16-3-6-22(28-15-16)36-17-4-5-20-18(14-17)19(7-13-35-20)32-9-11-33(12-10-32)23(34)30-21-2-1-8-29-31-21/h1-6,8,14-15,19H,7,9-13H2,(H,30,31,34). The largest absolute Gasteiger partial charge is 0.493 e. The van der Waals surface area contributed by atoms with Gasteiger partial charge < -0.3 is 14.4 Å². The van der Waals surface area contributed by atoms with Crippen molar-refractivity contribution in [2.75, 3.05) is 38.1 Å². The first-order chi connectivity index (χ1) is 17.4. The number of pyridine rings is 1. The highest BCUT2D eigenvalue weighted by Crippen LogP contribution is 2.39. The Morgan fingerprint density at radius 1 is 1.11 bits per heavy atom. The monoisotopic (exact) mass is 500 g/mol. The van der Waals surface area contributed by atoms with Crippen LogP contribution >= 0.6 is 0 Å². The van der Waals surface area contributed by atoms with Crippen molar-refractivity contribution in [1.29, 1.82) is 0 Å². The number of halogens is 3. The van der Waals surface area contributed by atoms with Crippen LogP contribution in [0.25, 0.3) is 0 Å². The highest BCUT2D eigenvalue weighted by atomic mass is 19.4. The fraction of sp³-hybridized carbons (Fsp3) is 0.333. The van der Waals surface area contributed by atoms with Gasteiger partial charge in [-0.1, -0.05) is 0 Å². The van der Waals surface area contributed by atoms with Gasteiger partial charge in [0.1, 0.15) is 11.5 Å². The molecule has 1 fully saturated rings. The summed E-state index contributed by atoms with van der Waals surface area (Å²) in [5.41, 5.74) is 0.0985. The van der Waals surface area contributed by atoms with Gasteiger partial charge in [-0.2, -0.15) is 18.3 Å². The van der Waals surface area contributed by atoms with E-state index in [2.05, 4.69) is 25.4 Å². The number of hydrogen-bond acceptors (Lipinski definition) is 7. The third kappa shape index (κ3) is 5.33. The van der Waals surface area contributed by atoms with Crippen LogP contribution in [0.15, 0.2) is 54.9 Å². The second kappa shape index (κ2) is 9.97. The van der Waals surface area contributed by atoms with E-state index in [1.165, 1.54) is 12.3 Å². The van der Waals surface area contributed by atoms with E-state index >= 15 is 0 Å². The number of urea groups is 1. The molecule has 2 aromatic heterocycles. The first kappa shape index (κ1) is 23.8. The zero-order valence-electron chi connectivity index (χ0n) is 19.1. The van der Waals surface area contributed by atoms with Gasteiger partial charge in [-0.25, -0.2) is 9.78 Å². The van der Waals surface area contributed by atoms with Crippen molar-refractivity contribution in [1.82, 2.24) is 25.0 Å². The Hall–Kier alpha value is -3.93. The van der Waals surface area contributed by atoms with Crippen LogP contribution in [0.3, 0.4) is 0 Å². The van der Waals surface area contributed by atoms with E-state index in [4.69, 9.17) is 9.47 Å². The number of ether oxygens (including phenoxy) is 2. The van der Waals surface area contributed by atoms with Crippen molar-refractivity contribution < 1.29 is 27.4 Å². The highest BCUT2D eigenvalue weighted by Gasteiger charge is 2.32. The predicted molar refractivity (Wildman–Crippen MR) is 123 cm³/mol. The molecule has 1 saturated heterocycles. The molecular formula is C24H23F3N6O3. The summed E-state index contributed by atoms with van der Waals surface area (Å²) in [6.45, 7) is 2.99. The van der Waals surface area contributed by atoms with E-state index in [1.54, 1.807) is 29.2 Å². The minimum absolute atomic E-state index is 0.0584. The molecule has 1 N–H and O–H groups in total. The van der Waals surface area contributed by atoms with Crippen molar-refractivity contribution >= 4 is 11.8 Å². The van der Waals surface area contributed by atoms with E-state index in [0.717, 1.165) is 30.0 Å². The molecule has 1 atom stereocenters. The second-order valence-electron chi connectivity index (χ2n) is 8.40. The SMILES string of the molecule is O=C(Nc1cccnn1)N1CCN(C2CCOc3ccc(Oc4ccc(C(F)(F)F)cn4)cc32)CC1. The molecule has 12 heteroatoms. The molecule has 0 saturated carbocycles. The lowest BCUT2D eigenvalue weighted by Gasteiger charge is -2.41. The average molecular weight is 500 g/mol. The Balaban J connectivity index is 1.24. The summed E-state index contributed by atoms with van der Waals surface area (Å²) in [5, 5.41) is 10.4.